The van der Waals surface area contributed by atoms with Gasteiger partial charge >= 0.3 is 0 Å². The van der Waals surface area contributed by atoms with Gasteiger partial charge in [-0.2, -0.15) is 0 Å². The smallest absolute Gasteiger partial charge is 0.238 e. The highest BCUT2D eigenvalue weighted by molar-refractivity contribution is 7.15. The van der Waals surface area contributed by atoms with Crippen LogP contribution in [0.5, 0.6) is 0 Å². The van der Waals surface area contributed by atoms with Crippen LogP contribution >= 0.6 is 11.3 Å². The molecule has 1 aliphatic heterocycles. The Bertz CT molecular complexity index is 865. The van der Waals surface area contributed by atoms with Gasteiger partial charge in [-0.1, -0.05) is 12.5 Å². The minimum Gasteiger partial charge on any atom is -0.325 e. The Morgan fingerprint density at radius 1 is 1.30 bits per heavy atom. The Balaban J connectivity index is 1.32. The summed E-state index contributed by atoms with van der Waals surface area (Å²) in [5.74, 6) is -0.351. The van der Waals surface area contributed by atoms with Gasteiger partial charge < -0.3 is 10.6 Å². The summed E-state index contributed by atoms with van der Waals surface area (Å²) in [4.78, 5) is 32.0. The number of carbonyl (C=O) groups excluding carboxylic acids is 2. The van der Waals surface area contributed by atoms with E-state index in [2.05, 4.69) is 15.6 Å². The number of nitrogens with zero attached hydrogens (tertiary/aromatic N) is 2. The lowest BCUT2D eigenvalue weighted by Crippen LogP contribution is -2.36. The molecule has 8 heteroatoms. The molecule has 0 unspecified atom stereocenters. The largest absolute Gasteiger partial charge is 0.325 e. The van der Waals surface area contributed by atoms with E-state index in [-0.39, 0.29) is 30.1 Å². The van der Waals surface area contributed by atoms with Crippen LogP contribution < -0.4 is 10.6 Å². The van der Waals surface area contributed by atoms with Crippen LogP contribution in [0, 0.1) is 11.7 Å². The van der Waals surface area contributed by atoms with Crippen molar-refractivity contribution in [2.24, 2.45) is 5.92 Å². The summed E-state index contributed by atoms with van der Waals surface area (Å²) < 4.78 is 13.2. The van der Waals surface area contributed by atoms with Gasteiger partial charge in [-0.05, 0) is 31.0 Å². The van der Waals surface area contributed by atoms with E-state index in [9.17, 15) is 14.0 Å². The molecule has 142 valence electrons. The molecule has 1 aromatic heterocycles. The number of rotatable bonds is 5. The van der Waals surface area contributed by atoms with Crippen molar-refractivity contribution >= 4 is 34.0 Å². The number of nitrogens with one attached hydrogen (secondary N) is 2. The van der Waals surface area contributed by atoms with Crippen LogP contribution in [0.4, 0.5) is 15.2 Å². The number of fused-ring (bicyclic) bond motifs is 1. The highest BCUT2D eigenvalue weighted by atomic mass is 32.1. The number of thiazole rings is 1. The molecule has 27 heavy (non-hydrogen) atoms. The lowest BCUT2D eigenvalue weighted by molar-refractivity contribution is -0.122. The number of halogens is 1. The summed E-state index contributed by atoms with van der Waals surface area (Å²) in [6.45, 7) is 1.59. The van der Waals surface area contributed by atoms with E-state index >= 15 is 0 Å². The van der Waals surface area contributed by atoms with Crippen molar-refractivity contribution in [2.75, 3.05) is 23.7 Å². The average Bonchev–Trinajstić information content (AvgIpc) is 2.94. The van der Waals surface area contributed by atoms with Crippen LogP contribution in [0.1, 0.15) is 29.8 Å². The SMILES string of the molecule is O=C(CN1CCc2nc(NC(=O)C3CCC3)sc2C1)Nc1cccc(F)c1. The van der Waals surface area contributed by atoms with Crippen LogP contribution in [0.25, 0.3) is 0 Å². The average molecular weight is 388 g/mol. The minimum atomic E-state index is -0.378. The molecule has 0 saturated heterocycles. The van der Waals surface area contributed by atoms with E-state index in [1.54, 1.807) is 12.1 Å². The highest BCUT2D eigenvalue weighted by Gasteiger charge is 2.27. The second-order valence-electron chi connectivity index (χ2n) is 7.03. The van der Waals surface area contributed by atoms with E-state index in [0.717, 1.165) is 42.8 Å². The van der Waals surface area contributed by atoms with Crippen LogP contribution in [0.2, 0.25) is 0 Å². The van der Waals surface area contributed by atoms with Gasteiger partial charge in [0.2, 0.25) is 11.8 Å². The lowest BCUT2D eigenvalue weighted by Gasteiger charge is -2.25. The maximum absolute atomic E-state index is 13.2. The third-order valence-electron chi connectivity index (χ3n) is 4.99. The van der Waals surface area contributed by atoms with E-state index in [0.29, 0.717) is 17.4 Å². The highest BCUT2D eigenvalue weighted by Crippen LogP contribution is 2.31. The molecule has 2 N–H and O–H groups in total. The van der Waals surface area contributed by atoms with Gasteiger partial charge in [0.15, 0.2) is 5.13 Å². The molecule has 0 spiro atoms. The van der Waals surface area contributed by atoms with Crippen molar-refractivity contribution in [3.8, 4) is 0 Å². The van der Waals surface area contributed by atoms with Crippen molar-refractivity contribution < 1.29 is 14.0 Å². The second kappa shape index (κ2) is 7.74. The van der Waals surface area contributed by atoms with E-state index in [4.69, 9.17) is 0 Å². The normalized spacial score (nSPS) is 17.1. The minimum absolute atomic E-state index is 0.0682. The molecule has 1 aliphatic carbocycles. The van der Waals surface area contributed by atoms with Gasteiger partial charge in [-0.3, -0.25) is 14.5 Å². The molecule has 0 atom stereocenters. The maximum atomic E-state index is 13.2. The van der Waals surface area contributed by atoms with E-state index in [1.165, 1.54) is 23.5 Å². The molecule has 1 fully saturated rings. The van der Waals surface area contributed by atoms with Gasteiger partial charge in [0, 0.05) is 36.0 Å². The van der Waals surface area contributed by atoms with Crippen LogP contribution in [-0.2, 0) is 22.6 Å². The van der Waals surface area contributed by atoms with Crippen LogP contribution in [0.3, 0.4) is 0 Å². The number of benzene rings is 1. The van der Waals surface area contributed by atoms with Gasteiger partial charge in [-0.25, -0.2) is 9.37 Å². The third-order valence-corrected chi connectivity index (χ3v) is 5.99. The third kappa shape index (κ3) is 4.33. The standard InChI is InChI=1S/C19H21FN4O2S/c20-13-5-2-6-14(9-13)21-17(25)11-24-8-7-15-16(10-24)27-19(22-15)23-18(26)12-3-1-4-12/h2,5-6,9,12H,1,3-4,7-8,10-11H2,(H,21,25)(H,22,23,26). The number of hydrogen-bond donors (Lipinski definition) is 2. The Morgan fingerprint density at radius 3 is 2.89 bits per heavy atom. The number of aromatic nitrogens is 1. The topological polar surface area (TPSA) is 74.3 Å². The molecule has 2 aliphatic rings. The Kier molecular flexibility index (Phi) is 5.18. The first-order valence-corrected chi connectivity index (χ1v) is 9.96. The zero-order chi connectivity index (χ0) is 18.8. The molecule has 1 saturated carbocycles. The van der Waals surface area contributed by atoms with Crippen molar-refractivity contribution in [2.45, 2.75) is 32.2 Å². The second-order valence-corrected chi connectivity index (χ2v) is 8.11. The quantitative estimate of drug-likeness (QED) is 0.826. The van der Waals surface area contributed by atoms with Gasteiger partial charge in [0.25, 0.3) is 0 Å². The summed E-state index contributed by atoms with van der Waals surface area (Å²) in [7, 11) is 0. The summed E-state index contributed by atoms with van der Waals surface area (Å²) in [5, 5.41) is 6.31. The fraction of sp³-hybridized carbons (Fsp3) is 0.421. The first-order chi connectivity index (χ1) is 13.1. The van der Waals surface area contributed by atoms with Gasteiger partial charge in [0.05, 0.1) is 12.2 Å². The number of amides is 2. The van der Waals surface area contributed by atoms with Crippen LogP contribution in [-0.4, -0.2) is 34.8 Å². The van der Waals surface area contributed by atoms with Crippen molar-refractivity contribution in [1.82, 2.24) is 9.88 Å². The molecular formula is C19H21FN4O2S. The summed E-state index contributed by atoms with van der Waals surface area (Å²) in [6, 6.07) is 5.86. The van der Waals surface area contributed by atoms with E-state index < -0.39 is 0 Å². The zero-order valence-corrected chi connectivity index (χ0v) is 15.7. The maximum Gasteiger partial charge on any atom is 0.238 e. The Hall–Kier alpha value is -2.32. The molecule has 0 radical (unpaired) electrons. The molecular weight excluding hydrogens is 367 g/mol. The zero-order valence-electron chi connectivity index (χ0n) is 14.8. The molecule has 4 rings (SSSR count). The fourth-order valence-electron chi connectivity index (χ4n) is 3.28. The summed E-state index contributed by atoms with van der Waals surface area (Å²) in [5.41, 5.74) is 1.46. The molecule has 6 nitrogen and oxygen atoms in total. The van der Waals surface area contributed by atoms with Crippen LogP contribution in [0.15, 0.2) is 24.3 Å². The number of anilines is 2. The molecule has 2 aromatic rings. The first-order valence-electron chi connectivity index (χ1n) is 9.14. The molecule has 1 aromatic carbocycles. The van der Waals surface area contributed by atoms with Crippen molar-refractivity contribution in [3.05, 3.63) is 40.7 Å². The predicted molar refractivity (Wildman–Crippen MR) is 102 cm³/mol. The number of carbonyl (C=O) groups is 2. The monoisotopic (exact) mass is 388 g/mol. The lowest BCUT2D eigenvalue weighted by atomic mass is 9.85. The van der Waals surface area contributed by atoms with Crippen molar-refractivity contribution in [1.29, 1.82) is 0 Å². The molecule has 2 amide bonds. The van der Waals surface area contributed by atoms with Gasteiger partial charge in [0.1, 0.15) is 5.82 Å². The Morgan fingerprint density at radius 2 is 2.15 bits per heavy atom. The molecule has 0 bridgehead atoms. The summed E-state index contributed by atoms with van der Waals surface area (Å²) >= 11 is 1.49. The van der Waals surface area contributed by atoms with Crippen molar-refractivity contribution in [3.63, 3.8) is 0 Å². The predicted octanol–water partition coefficient (Wildman–Crippen LogP) is 3.02. The fourth-order valence-corrected chi connectivity index (χ4v) is 4.34. The van der Waals surface area contributed by atoms with E-state index in [1.807, 2.05) is 4.90 Å². The number of hydrogen-bond acceptors (Lipinski definition) is 5. The summed E-state index contributed by atoms with van der Waals surface area (Å²) in [6.07, 6.45) is 3.80. The molecule has 2 heterocycles. The first kappa shape index (κ1) is 18.1. The van der Waals surface area contributed by atoms with Gasteiger partial charge in [-0.15, -0.1) is 11.3 Å². The Labute approximate surface area is 160 Å².